The molecule has 0 radical (unpaired) electrons. The molecule has 0 bridgehead atoms. The Balaban J connectivity index is 1.92. The molecule has 3 rings (SSSR count). The number of benzene rings is 1. The lowest BCUT2D eigenvalue weighted by Gasteiger charge is -2.24. The zero-order chi connectivity index (χ0) is 15.9. The Morgan fingerprint density at radius 3 is 2.77 bits per heavy atom. The highest BCUT2D eigenvalue weighted by Gasteiger charge is 2.43. The van der Waals surface area contributed by atoms with Gasteiger partial charge in [-0.2, -0.15) is 11.8 Å². The van der Waals surface area contributed by atoms with Crippen molar-refractivity contribution in [2.45, 2.75) is 25.8 Å². The van der Waals surface area contributed by atoms with E-state index in [9.17, 15) is 14.7 Å². The fourth-order valence-corrected chi connectivity index (χ4v) is 4.10. The van der Waals surface area contributed by atoms with E-state index < -0.39 is 11.5 Å². The van der Waals surface area contributed by atoms with E-state index in [0.717, 1.165) is 27.9 Å². The molecule has 0 saturated carbocycles. The number of nitrogens with one attached hydrogen (secondary N) is 2. The molecule has 1 aromatic carbocycles. The summed E-state index contributed by atoms with van der Waals surface area (Å²) in [7, 11) is 0. The van der Waals surface area contributed by atoms with Crippen molar-refractivity contribution in [1.82, 2.24) is 10.3 Å². The number of thioether (sulfide) groups is 1. The summed E-state index contributed by atoms with van der Waals surface area (Å²) in [5.74, 6) is -0.119. The van der Waals surface area contributed by atoms with Gasteiger partial charge in [-0.05, 0) is 49.8 Å². The fourth-order valence-electron chi connectivity index (χ4n) is 2.78. The molecule has 22 heavy (non-hydrogen) atoms. The number of rotatable bonds is 3. The highest BCUT2D eigenvalue weighted by atomic mass is 32.2. The molecule has 1 amide bonds. The molecule has 1 fully saturated rings. The highest BCUT2D eigenvalue weighted by Crippen LogP contribution is 2.29. The number of carboxylic acid groups (broad SMARTS) is 1. The molecule has 1 aliphatic rings. The first-order valence-corrected chi connectivity index (χ1v) is 8.31. The van der Waals surface area contributed by atoms with Gasteiger partial charge in [0.1, 0.15) is 5.54 Å². The Kier molecular flexibility index (Phi) is 3.64. The van der Waals surface area contributed by atoms with Crippen LogP contribution in [0.5, 0.6) is 0 Å². The van der Waals surface area contributed by atoms with Gasteiger partial charge in [-0.15, -0.1) is 0 Å². The minimum absolute atomic E-state index is 0.329. The SMILES string of the molecule is Cc1[nH]c2ccc(C(=O)N[C@@]3(C(=O)O)CCSC3)cc2c1C. The molecule has 0 aliphatic carbocycles. The number of aromatic amines is 1. The molecule has 1 atom stereocenters. The van der Waals surface area contributed by atoms with Crippen molar-refractivity contribution in [2.75, 3.05) is 11.5 Å². The third-order valence-corrected chi connectivity index (χ3v) is 5.54. The summed E-state index contributed by atoms with van der Waals surface area (Å²) in [4.78, 5) is 27.3. The second-order valence-electron chi connectivity index (χ2n) is 5.78. The molecule has 1 aromatic heterocycles. The van der Waals surface area contributed by atoms with Crippen LogP contribution in [0.2, 0.25) is 0 Å². The second-order valence-corrected chi connectivity index (χ2v) is 6.88. The maximum absolute atomic E-state index is 12.5. The summed E-state index contributed by atoms with van der Waals surface area (Å²) in [6, 6.07) is 5.41. The molecule has 116 valence electrons. The molecule has 5 nitrogen and oxygen atoms in total. The van der Waals surface area contributed by atoms with Gasteiger partial charge in [0, 0.05) is 27.9 Å². The number of carboxylic acids is 1. The van der Waals surface area contributed by atoms with Crippen molar-refractivity contribution in [3.63, 3.8) is 0 Å². The molecule has 3 N–H and O–H groups in total. The van der Waals surface area contributed by atoms with Gasteiger partial charge in [0.25, 0.3) is 5.91 Å². The smallest absolute Gasteiger partial charge is 0.330 e. The summed E-state index contributed by atoms with van der Waals surface area (Å²) < 4.78 is 0. The number of hydrogen-bond donors (Lipinski definition) is 3. The van der Waals surface area contributed by atoms with E-state index in [0.29, 0.717) is 17.7 Å². The van der Waals surface area contributed by atoms with Gasteiger partial charge in [0.15, 0.2) is 0 Å². The second kappa shape index (κ2) is 5.35. The van der Waals surface area contributed by atoms with Gasteiger partial charge in [0.2, 0.25) is 0 Å². The van der Waals surface area contributed by atoms with E-state index in [1.165, 1.54) is 0 Å². The summed E-state index contributed by atoms with van der Waals surface area (Å²) in [6.07, 6.45) is 0.462. The van der Waals surface area contributed by atoms with E-state index in [4.69, 9.17) is 0 Å². The highest BCUT2D eigenvalue weighted by molar-refractivity contribution is 7.99. The number of aryl methyl sites for hydroxylation is 2. The monoisotopic (exact) mass is 318 g/mol. The number of fused-ring (bicyclic) bond motifs is 1. The molecule has 0 spiro atoms. The topological polar surface area (TPSA) is 82.2 Å². The van der Waals surface area contributed by atoms with Gasteiger partial charge >= 0.3 is 5.97 Å². The number of hydrogen-bond acceptors (Lipinski definition) is 3. The first-order valence-electron chi connectivity index (χ1n) is 7.15. The number of aliphatic carboxylic acids is 1. The third-order valence-electron chi connectivity index (χ3n) is 4.35. The van der Waals surface area contributed by atoms with Crippen LogP contribution in [0, 0.1) is 13.8 Å². The lowest BCUT2D eigenvalue weighted by molar-refractivity contribution is -0.143. The van der Waals surface area contributed by atoms with Crippen molar-refractivity contribution in [2.24, 2.45) is 0 Å². The quantitative estimate of drug-likeness (QED) is 0.812. The van der Waals surface area contributed by atoms with Crippen molar-refractivity contribution < 1.29 is 14.7 Å². The molecule has 2 aromatic rings. The average Bonchev–Trinajstić information content (AvgIpc) is 3.06. The van der Waals surface area contributed by atoms with Crippen molar-refractivity contribution in [1.29, 1.82) is 0 Å². The Morgan fingerprint density at radius 1 is 1.36 bits per heavy atom. The molecule has 6 heteroatoms. The molecular weight excluding hydrogens is 300 g/mol. The van der Waals surface area contributed by atoms with Crippen LogP contribution in [-0.2, 0) is 4.79 Å². The summed E-state index contributed by atoms with van der Waals surface area (Å²) in [6.45, 7) is 3.99. The Hall–Kier alpha value is -1.95. The predicted molar refractivity (Wildman–Crippen MR) is 87.5 cm³/mol. The van der Waals surface area contributed by atoms with E-state index >= 15 is 0 Å². The number of carbonyl (C=O) groups is 2. The zero-order valence-corrected chi connectivity index (χ0v) is 13.3. The number of aromatic nitrogens is 1. The van der Waals surface area contributed by atoms with Crippen LogP contribution in [0.15, 0.2) is 18.2 Å². The Labute approximate surface area is 132 Å². The largest absolute Gasteiger partial charge is 0.479 e. The standard InChI is InChI=1S/C16H18N2O3S/c1-9-10(2)17-13-4-3-11(7-12(9)13)14(19)18-16(15(20)21)5-6-22-8-16/h3-4,7,17H,5-6,8H2,1-2H3,(H,18,19)(H,20,21)/t16-/m0/s1. The summed E-state index contributed by atoms with van der Waals surface area (Å²) >= 11 is 1.55. The van der Waals surface area contributed by atoms with E-state index in [-0.39, 0.29) is 5.91 Å². The van der Waals surface area contributed by atoms with Crippen LogP contribution in [0.1, 0.15) is 28.0 Å². The van der Waals surface area contributed by atoms with Gasteiger partial charge in [-0.1, -0.05) is 0 Å². The summed E-state index contributed by atoms with van der Waals surface area (Å²) in [5, 5.41) is 13.2. The molecule has 1 saturated heterocycles. The van der Waals surface area contributed by atoms with Crippen LogP contribution in [0.4, 0.5) is 0 Å². The average molecular weight is 318 g/mol. The van der Waals surface area contributed by atoms with Crippen molar-refractivity contribution >= 4 is 34.5 Å². The molecule has 1 aliphatic heterocycles. The maximum Gasteiger partial charge on any atom is 0.330 e. The van der Waals surface area contributed by atoms with Crippen molar-refractivity contribution in [3.8, 4) is 0 Å². The van der Waals surface area contributed by atoms with Gasteiger partial charge in [-0.3, -0.25) is 4.79 Å². The Bertz CT molecular complexity index is 760. The van der Waals surface area contributed by atoms with Crippen LogP contribution >= 0.6 is 11.8 Å². The van der Waals surface area contributed by atoms with E-state index in [2.05, 4.69) is 10.3 Å². The van der Waals surface area contributed by atoms with Crippen LogP contribution in [-0.4, -0.2) is 39.0 Å². The number of H-pyrrole nitrogens is 1. The van der Waals surface area contributed by atoms with E-state index in [1.807, 2.05) is 26.0 Å². The number of amides is 1. The van der Waals surface area contributed by atoms with Gasteiger partial charge in [-0.25, -0.2) is 4.79 Å². The first-order chi connectivity index (χ1) is 10.4. The minimum atomic E-state index is -1.14. The fraction of sp³-hybridized carbons (Fsp3) is 0.375. The number of carbonyl (C=O) groups excluding carboxylic acids is 1. The normalized spacial score (nSPS) is 21.2. The zero-order valence-electron chi connectivity index (χ0n) is 12.5. The molecule has 2 heterocycles. The third kappa shape index (κ3) is 2.37. The van der Waals surface area contributed by atoms with Crippen LogP contribution in [0.25, 0.3) is 10.9 Å². The molecular formula is C16H18N2O3S. The first kappa shape index (κ1) is 15.0. The van der Waals surface area contributed by atoms with Crippen LogP contribution in [0.3, 0.4) is 0 Å². The van der Waals surface area contributed by atoms with Crippen molar-refractivity contribution in [3.05, 3.63) is 35.0 Å². The van der Waals surface area contributed by atoms with Gasteiger partial charge < -0.3 is 15.4 Å². The predicted octanol–water partition coefficient (Wildman–Crippen LogP) is 2.47. The Morgan fingerprint density at radius 2 is 2.14 bits per heavy atom. The molecule has 0 unspecified atom stereocenters. The lowest BCUT2D eigenvalue weighted by atomic mass is 9.98. The van der Waals surface area contributed by atoms with Gasteiger partial charge in [0.05, 0.1) is 0 Å². The summed E-state index contributed by atoms with van der Waals surface area (Å²) in [5.41, 5.74) is 2.51. The lowest BCUT2D eigenvalue weighted by Crippen LogP contribution is -2.54. The van der Waals surface area contributed by atoms with E-state index in [1.54, 1.807) is 17.8 Å². The maximum atomic E-state index is 12.5. The minimum Gasteiger partial charge on any atom is -0.479 e. The van der Waals surface area contributed by atoms with Crippen LogP contribution < -0.4 is 5.32 Å².